The molecule has 2 fully saturated rings. The predicted molar refractivity (Wildman–Crippen MR) is 70.3 cm³/mol. The molecule has 20 heavy (non-hydrogen) atoms. The number of urea groups is 1. The van der Waals surface area contributed by atoms with Gasteiger partial charge in [-0.2, -0.15) is 0 Å². The fourth-order valence-electron chi connectivity index (χ4n) is 2.96. The van der Waals surface area contributed by atoms with Crippen molar-refractivity contribution in [1.82, 2.24) is 4.90 Å². The van der Waals surface area contributed by atoms with E-state index in [9.17, 15) is 14.4 Å². The summed E-state index contributed by atoms with van der Waals surface area (Å²) in [4.78, 5) is 38.3. The van der Waals surface area contributed by atoms with Crippen molar-refractivity contribution in [2.75, 3.05) is 4.90 Å². The zero-order chi connectivity index (χ0) is 14.4. The van der Waals surface area contributed by atoms with Crippen LogP contribution in [0.3, 0.4) is 0 Å². The number of carboxylic acid groups (broad SMARTS) is 1. The summed E-state index contributed by atoms with van der Waals surface area (Å²) in [5, 5.41) is 9.15. The minimum absolute atomic E-state index is 0.326. The van der Waals surface area contributed by atoms with Crippen LogP contribution in [0.1, 0.15) is 18.4 Å². The number of hydrogen-bond acceptors (Lipinski definition) is 3. The fourth-order valence-corrected chi connectivity index (χ4v) is 2.96. The van der Waals surface area contributed by atoms with Crippen LogP contribution in [0.2, 0.25) is 0 Å². The Morgan fingerprint density at radius 1 is 1.25 bits per heavy atom. The third-order valence-corrected chi connectivity index (χ3v) is 3.94. The van der Waals surface area contributed by atoms with E-state index in [1.54, 1.807) is 12.1 Å². The minimum Gasteiger partial charge on any atom is -0.480 e. The van der Waals surface area contributed by atoms with Gasteiger partial charge in [0.05, 0.1) is 5.69 Å². The Kier molecular flexibility index (Phi) is 2.74. The molecule has 0 spiro atoms. The zero-order valence-corrected chi connectivity index (χ0v) is 10.9. The van der Waals surface area contributed by atoms with E-state index in [-0.39, 0.29) is 5.91 Å². The number of amides is 3. The van der Waals surface area contributed by atoms with Gasteiger partial charge in [0, 0.05) is 0 Å². The highest BCUT2D eigenvalue weighted by molar-refractivity contribution is 6.22. The monoisotopic (exact) mass is 274 g/mol. The van der Waals surface area contributed by atoms with E-state index in [0.29, 0.717) is 18.5 Å². The average molecular weight is 274 g/mol. The van der Waals surface area contributed by atoms with E-state index in [0.717, 1.165) is 10.5 Å². The summed E-state index contributed by atoms with van der Waals surface area (Å²) in [6, 6.07) is 5.02. The Bertz CT molecular complexity index is 613. The van der Waals surface area contributed by atoms with Gasteiger partial charge in [-0.25, -0.2) is 14.5 Å². The third kappa shape index (κ3) is 1.61. The zero-order valence-electron chi connectivity index (χ0n) is 10.9. The highest BCUT2D eigenvalue weighted by atomic mass is 16.4. The molecule has 0 unspecified atom stereocenters. The van der Waals surface area contributed by atoms with E-state index in [1.165, 1.54) is 4.90 Å². The molecule has 6 nitrogen and oxygen atoms in total. The standard InChI is InChI=1S/C14H14N2O4/c1-8-4-2-3-5-9(8)16-12(17)10-6-7-11(13(18)19)15(10)14(16)20/h2-5,10-11H,6-7H2,1H3,(H,18,19)/t10-,11-/m0/s1. The lowest BCUT2D eigenvalue weighted by atomic mass is 10.1. The lowest BCUT2D eigenvalue weighted by Crippen LogP contribution is -2.42. The number of carbonyl (C=O) groups is 3. The number of aliphatic carboxylic acids is 1. The molecule has 1 aromatic carbocycles. The normalized spacial score (nSPS) is 25.2. The number of benzene rings is 1. The average Bonchev–Trinajstić information content (AvgIpc) is 2.93. The van der Waals surface area contributed by atoms with Crippen molar-refractivity contribution in [3.63, 3.8) is 0 Å². The summed E-state index contributed by atoms with van der Waals surface area (Å²) in [6.07, 6.45) is 0.739. The van der Waals surface area contributed by atoms with Crippen LogP contribution in [0.15, 0.2) is 24.3 Å². The molecule has 1 N–H and O–H groups in total. The number of carboxylic acids is 1. The second-order valence-corrected chi connectivity index (χ2v) is 5.10. The van der Waals surface area contributed by atoms with Crippen molar-refractivity contribution in [1.29, 1.82) is 0 Å². The van der Waals surface area contributed by atoms with Crippen LogP contribution in [0, 0.1) is 6.92 Å². The number of anilines is 1. The maximum Gasteiger partial charge on any atom is 0.332 e. The molecule has 6 heteroatoms. The van der Waals surface area contributed by atoms with Crippen LogP contribution >= 0.6 is 0 Å². The van der Waals surface area contributed by atoms with Crippen molar-refractivity contribution < 1.29 is 19.5 Å². The van der Waals surface area contributed by atoms with Crippen molar-refractivity contribution in [3.05, 3.63) is 29.8 Å². The lowest BCUT2D eigenvalue weighted by Gasteiger charge is -2.20. The second kappa shape index (κ2) is 4.33. The Balaban J connectivity index is 2.01. The molecule has 0 aromatic heterocycles. The lowest BCUT2D eigenvalue weighted by molar-refractivity contribution is -0.141. The van der Waals surface area contributed by atoms with Crippen molar-refractivity contribution in [2.24, 2.45) is 0 Å². The molecule has 2 aliphatic rings. The van der Waals surface area contributed by atoms with Gasteiger partial charge in [-0.15, -0.1) is 0 Å². The Hall–Kier alpha value is -2.37. The van der Waals surface area contributed by atoms with Gasteiger partial charge in [0.25, 0.3) is 5.91 Å². The van der Waals surface area contributed by atoms with Crippen LogP contribution in [-0.4, -0.2) is 40.0 Å². The first kappa shape index (κ1) is 12.7. The number of imide groups is 1. The van der Waals surface area contributed by atoms with E-state index < -0.39 is 24.1 Å². The Morgan fingerprint density at radius 3 is 2.60 bits per heavy atom. The predicted octanol–water partition coefficient (Wildman–Crippen LogP) is 1.38. The minimum atomic E-state index is -1.06. The van der Waals surface area contributed by atoms with E-state index in [4.69, 9.17) is 5.11 Å². The van der Waals surface area contributed by atoms with Crippen molar-refractivity contribution in [2.45, 2.75) is 31.8 Å². The summed E-state index contributed by atoms with van der Waals surface area (Å²) in [5.74, 6) is -1.38. The number of carbonyl (C=O) groups excluding carboxylic acids is 2. The summed E-state index contributed by atoms with van der Waals surface area (Å²) in [5.41, 5.74) is 1.34. The van der Waals surface area contributed by atoms with E-state index in [1.807, 2.05) is 19.1 Å². The first-order valence-electron chi connectivity index (χ1n) is 6.47. The number of aryl methyl sites for hydroxylation is 1. The van der Waals surface area contributed by atoms with Crippen molar-refractivity contribution >= 4 is 23.6 Å². The first-order valence-corrected chi connectivity index (χ1v) is 6.47. The van der Waals surface area contributed by atoms with Gasteiger partial charge in [-0.3, -0.25) is 9.69 Å². The summed E-state index contributed by atoms with van der Waals surface area (Å²) < 4.78 is 0. The van der Waals surface area contributed by atoms with Gasteiger partial charge in [0.15, 0.2) is 0 Å². The maximum absolute atomic E-state index is 12.4. The quantitative estimate of drug-likeness (QED) is 0.826. The van der Waals surface area contributed by atoms with E-state index in [2.05, 4.69) is 0 Å². The summed E-state index contributed by atoms with van der Waals surface area (Å²) >= 11 is 0. The third-order valence-electron chi connectivity index (χ3n) is 3.94. The maximum atomic E-state index is 12.4. The largest absolute Gasteiger partial charge is 0.480 e. The van der Waals surface area contributed by atoms with Gasteiger partial charge in [-0.1, -0.05) is 18.2 Å². The van der Waals surface area contributed by atoms with Gasteiger partial charge in [0.2, 0.25) is 0 Å². The highest BCUT2D eigenvalue weighted by Gasteiger charge is 2.54. The SMILES string of the molecule is Cc1ccccc1N1C(=O)[C@@H]2CC[C@@H](C(=O)O)N2C1=O. The smallest absolute Gasteiger partial charge is 0.332 e. The number of hydrogen-bond donors (Lipinski definition) is 1. The summed E-state index contributed by atoms with van der Waals surface area (Å²) in [6.45, 7) is 1.81. The fraction of sp³-hybridized carbons (Fsp3) is 0.357. The van der Waals surface area contributed by atoms with Crippen LogP contribution in [0.25, 0.3) is 0 Å². The molecule has 0 bridgehead atoms. The molecule has 2 aliphatic heterocycles. The molecular weight excluding hydrogens is 260 g/mol. The Labute approximate surface area is 115 Å². The number of para-hydroxylation sites is 1. The van der Waals surface area contributed by atoms with Crippen molar-refractivity contribution in [3.8, 4) is 0 Å². The summed E-state index contributed by atoms with van der Waals surface area (Å²) in [7, 11) is 0. The van der Waals surface area contributed by atoms with Gasteiger partial charge in [0.1, 0.15) is 12.1 Å². The number of fused-ring (bicyclic) bond motifs is 1. The molecule has 2 heterocycles. The molecule has 3 rings (SSSR count). The van der Waals surface area contributed by atoms with E-state index >= 15 is 0 Å². The second-order valence-electron chi connectivity index (χ2n) is 5.10. The number of rotatable bonds is 2. The molecule has 104 valence electrons. The van der Waals surface area contributed by atoms with Crippen LogP contribution in [0.5, 0.6) is 0 Å². The number of nitrogens with zero attached hydrogens (tertiary/aromatic N) is 2. The van der Waals surface area contributed by atoms with Crippen LogP contribution in [-0.2, 0) is 9.59 Å². The van der Waals surface area contributed by atoms with Gasteiger partial charge < -0.3 is 5.11 Å². The first-order chi connectivity index (χ1) is 9.52. The molecular formula is C14H14N2O4. The van der Waals surface area contributed by atoms with Crippen LogP contribution in [0.4, 0.5) is 10.5 Å². The molecule has 0 radical (unpaired) electrons. The molecule has 2 atom stereocenters. The molecule has 0 saturated carbocycles. The highest BCUT2D eigenvalue weighted by Crippen LogP contribution is 2.36. The molecule has 3 amide bonds. The van der Waals surface area contributed by atoms with Crippen LogP contribution < -0.4 is 4.90 Å². The Morgan fingerprint density at radius 2 is 1.95 bits per heavy atom. The molecule has 2 saturated heterocycles. The molecule has 0 aliphatic carbocycles. The topological polar surface area (TPSA) is 77.9 Å². The van der Waals surface area contributed by atoms with Gasteiger partial charge in [-0.05, 0) is 31.4 Å². The van der Waals surface area contributed by atoms with Gasteiger partial charge >= 0.3 is 12.0 Å². The molecule has 1 aromatic rings.